The Hall–Kier alpha value is -2.88. The van der Waals surface area contributed by atoms with Crippen LogP contribution in [0.25, 0.3) is 0 Å². The van der Waals surface area contributed by atoms with Crippen molar-refractivity contribution in [3.8, 4) is 11.8 Å². The van der Waals surface area contributed by atoms with E-state index >= 15 is 0 Å². The minimum atomic E-state index is -0.393. The van der Waals surface area contributed by atoms with Crippen LogP contribution < -0.4 is 10.1 Å². The van der Waals surface area contributed by atoms with Crippen LogP contribution in [-0.4, -0.2) is 27.7 Å². The predicted molar refractivity (Wildman–Crippen MR) is 66.6 cm³/mol. The van der Waals surface area contributed by atoms with E-state index in [-0.39, 0.29) is 12.4 Å². The molecule has 1 aromatic carbocycles. The van der Waals surface area contributed by atoms with Crippen molar-refractivity contribution in [3.05, 3.63) is 35.9 Å². The lowest BCUT2D eigenvalue weighted by Crippen LogP contribution is -2.13. The van der Waals surface area contributed by atoms with Gasteiger partial charge in [-0.15, -0.1) is 5.10 Å². The molecule has 1 amide bonds. The summed E-state index contributed by atoms with van der Waals surface area (Å²) in [6.07, 6.45) is 0. The molecule has 0 saturated carbocycles. The van der Waals surface area contributed by atoms with Gasteiger partial charge in [-0.3, -0.25) is 9.89 Å². The number of nitrogens with one attached hydrogen (secondary N) is 2. The Morgan fingerprint density at radius 2 is 2.21 bits per heavy atom. The molecule has 0 bridgehead atoms. The number of nitriles is 1. The van der Waals surface area contributed by atoms with Crippen LogP contribution in [0.4, 0.5) is 5.69 Å². The fourth-order valence-electron chi connectivity index (χ4n) is 1.38. The van der Waals surface area contributed by atoms with Gasteiger partial charge in [0.2, 0.25) is 5.82 Å². The van der Waals surface area contributed by atoms with Gasteiger partial charge in [-0.2, -0.15) is 5.26 Å². The van der Waals surface area contributed by atoms with Crippen LogP contribution in [0.3, 0.4) is 0 Å². The molecule has 0 radical (unpaired) electrons. The average molecular weight is 257 g/mol. The van der Waals surface area contributed by atoms with Crippen molar-refractivity contribution in [1.82, 2.24) is 15.2 Å². The topological polar surface area (TPSA) is 104 Å². The highest BCUT2D eigenvalue weighted by Gasteiger charge is 2.11. The molecule has 2 aromatic rings. The summed E-state index contributed by atoms with van der Waals surface area (Å²) in [7, 11) is 0. The summed E-state index contributed by atoms with van der Waals surface area (Å²) in [5, 5.41) is 17.4. The van der Waals surface area contributed by atoms with Crippen LogP contribution in [-0.2, 0) is 0 Å². The van der Waals surface area contributed by atoms with Crippen LogP contribution in [0.15, 0.2) is 24.3 Å². The van der Waals surface area contributed by atoms with E-state index in [1.54, 1.807) is 31.2 Å². The SMILES string of the molecule is Cc1nc(C(=O)Nc2ccc(OCC#N)cc2)n[nH]1. The number of anilines is 1. The normalized spacial score (nSPS) is 9.68. The summed E-state index contributed by atoms with van der Waals surface area (Å²) < 4.78 is 5.10. The van der Waals surface area contributed by atoms with E-state index in [4.69, 9.17) is 10.00 Å². The molecule has 1 heterocycles. The first-order valence-corrected chi connectivity index (χ1v) is 5.49. The Morgan fingerprint density at radius 3 is 2.79 bits per heavy atom. The first-order valence-electron chi connectivity index (χ1n) is 5.49. The molecule has 7 nitrogen and oxygen atoms in total. The third-order valence-electron chi connectivity index (χ3n) is 2.22. The number of benzene rings is 1. The number of amides is 1. The molecule has 1 aromatic heterocycles. The molecule has 0 aliphatic carbocycles. The molecule has 2 rings (SSSR count). The maximum atomic E-state index is 11.8. The molecule has 0 fully saturated rings. The number of hydrogen-bond donors (Lipinski definition) is 2. The third kappa shape index (κ3) is 3.29. The summed E-state index contributed by atoms with van der Waals surface area (Å²) >= 11 is 0. The van der Waals surface area contributed by atoms with Gasteiger partial charge in [-0.1, -0.05) is 0 Å². The first-order chi connectivity index (χ1) is 9.19. The van der Waals surface area contributed by atoms with Crippen molar-refractivity contribution >= 4 is 11.6 Å². The van der Waals surface area contributed by atoms with Crippen molar-refractivity contribution in [1.29, 1.82) is 5.26 Å². The molecule has 19 heavy (non-hydrogen) atoms. The van der Waals surface area contributed by atoms with Crippen molar-refractivity contribution < 1.29 is 9.53 Å². The Morgan fingerprint density at radius 1 is 1.47 bits per heavy atom. The number of aryl methyl sites for hydroxylation is 1. The second kappa shape index (κ2) is 5.64. The highest BCUT2D eigenvalue weighted by atomic mass is 16.5. The van der Waals surface area contributed by atoms with E-state index in [0.29, 0.717) is 17.3 Å². The minimum Gasteiger partial charge on any atom is -0.479 e. The van der Waals surface area contributed by atoms with Crippen molar-refractivity contribution in [2.45, 2.75) is 6.92 Å². The van der Waals surface area contributed by atoms with Crippen LogP contribution in [0.2, 0.25) is 0 Å². The lowest BCUT2D eigenvalue weighted by molar-refractivity contribution is 0.101. The zero-order valence-corrected chi connectivity index (χ0v) is 10.2. The molecule has 96 valence electrons. The number of rotatable bonds is 4. The Labute approximate surface area is 109 Å². The fourth-order valence-corrected chi connectivity index (χ4v) is 1.38. The molecule has 0 saturated heterocycles. The van der Waals surface area contributed by atoms with Crippen molar-refractivity contribution in [3.63, 3.8) is 0 Å². The molecular formula is C12H11N5O2. The number of nitrogens with zero attached hydrogens (tertiary/aromatic N) is 3. The number of carbonyl (C=O) groups excluding carboxylic acids is 1. The molecule has 0 atom stereocenters. The van der Waals surface area contributed by atoms with Crippen LogP contribution >= 0.6 is 0 Å². The third-order valence-corrected chi connectivity index (χ3v) is 2.22. The maximum Gasteiger partial charge on any atom is 0.295 e. The average Bonchev–Trinajstić information content (AvgIpc) is 2.85. The monoisotopic (exact) mass is 257 g/mol. The second-order valence-electron chi connectivity index (χ2n) is 3.67. The Balaban J connectivity index is 2.00. The number of aromatic nitrogens is 3. The van der Waals surface area contributed by atoms with E-state index in [9.17, 15) is 4.79 Å². The number of carbonyl (C=O) groups is 1. The van der Waals surface area contributed by atoms with E-state index in [2.05, 4.69) is 20.5 Å². The van der Waals surface area contributed by atoms with Gasteiger partial charge in [0.25, 0.3) is 5.91 Å². The highest BCUT2D eigenvalue weighted by Crippen LogP contribution is 2.15. The molecule has 2 N–H and O–H groups in total. The lowest BCUT2D eigenvalue weighted by Gasteiger charge is -2.04. The summed E-state index contributed by atoms with van der Waals surface area (Å²) in [5.74, 6) is 0.830. The standard InChI is InChI=1S/C12H11N5O2/c1-8-14-11(17-16-8)12(18)15-9-2-4-10(5-3-9)19-7-6-13/h2-5H,7H2,1H3,(H,15,18)(H,14,16,17). The van der Waals surface area contributed by atoms with Gasteiger partial charge in [0.15, 0.2) is 6.61 Å². The lowest BCUT2D eigenvalue weighted by atomic mass is 10.3. The van der Waals surface area contributed by atoms with Gasteiger partial charge in [0, 0.05) is 5.69 Å². The second-order valence-corrected chi connectivity index (χ2v) is 3.67. The van der Waals surface area contributed by atoms with Crippen LogP contribution in [0.1, 0.15) is 16.4 Å². The quantitative estimate of drug-likeness (QED) is 0.858. The van der Waals surface area contributed by atoms with Gasteiger partial charge in [-0.05, 0) is 31.2 Å². The predicted octanol–water partition coefficient (Wildman–Crippen LogP) is 1.27. The number of aromatic amines is 1. The van der Waals surface area contributed by atoms with Crippen LogP contribution in [0.5, 0.6) is 5.75 Å². The van der Waals surface area contributed by atoms with E-state index in [1.165, 1.54) is 0 Å². The van der Waals surface area contributed by atoms with Gasteiger partial charge in [0.05, 0.1) is 0 Å². The zero-order valence-electron chi connectivity index (χ0n) is 10.2. The van der Waals surface area contributed by atoms with Crippen LogP contribution in [0, 0.1) is 18.3 Å². The number of hydrogen-bond acceptors (Lipinski definition) is 5. The van der Waals surface area contributed by atoms with Gasteiger partial charge in [-0.25, -0.2) is 4.98 Å². The molecule has 0 aliphatic heterocycles. The largest absolute Gasteiger partial charge is 0.479 e. The molecular weight excluding hydrogens is 246 g/mol. The zero-order chi connectivity index (χ0) is 13.7. The van der Waals surface area contributed by atoms with Crippen molar-refractivity contribution in [2.75, 3.05) is 11.9 Å². The van der Waals surface area contributed by atoms with Crippen molar-refractivity contribution in [2.24, 2.45) is 0 Å². The fraction of sp³-hybridized carbons (Fsp3) is 0.167. The molecule has 7 heteroatoms. The molecule has 0 unspecified atom stereocenters. The van der Waals surface area contributed by atoms with Gasteiger partial charge in [0.1, 0.15) is 17.6 Å². The van der Waals surface area contributed by atoms with E-state index in [1.807, 2.05) is 6.07 Å². The number of ether oxygens (including phenoxy) is 1. The summed E-state index contributed by atoms with van der Waals surface area (Å²) in [4.78, 5) is 15.7. The Bertz CT molecular complexity index is 612. The van der Waals surface area contributed by atoms with Gasteiger partial charge < -0.3 is 10.1 Å². The first kappa shape index (κ1) is 12.6. The smallest absolute Gasteiger partial charge is 0.295 e. The summed E-state index contributed by atoms with van der Waals surface area (Å²) in [6, 6.07) is 8.54. The summed E-state index contributed by atoms with van der Waals surface area (Å²) in [6.45, 7) is 1.70. The van der Waals surface area contributed by atoms with E-state index in [0.717, 1.165) is 0 Å². The highest BCUT2D eigenvalue weighted by molar-refractivity contribution is 6.01. The maximum absolute atomic E-state index is 11.8. The minimum absolute atomic E-state index is 0.0117. The molecule has 0 aliphatic rings. The van der Waals surface area contributed by atoms with E-state index < -0.39 is 5.91 Å². The Kier molecular flexibility index (Phi) is 3.73. The molecule has 0 spiro atoms. The van der Waals surface area contributed by atoms with Gasteiger partial charge >= 0.3 is 0 Å². The summed E-state index contributed by atoms with van der Waals surface area (Å²) in [5.41, 5.74) is 0.594. The number of H-pyrrole nitrogens is 1.